The number of unbranched alkanes of at least 4 members (excludes halogenated alkanes) is 21. The molecule has 42 heavy (non-hydrogen) atoms. The first-order valence-corrected chi connectivity index (χ1v) is 18.0. The first-order chi connectivity index (χ1) is 20.5. The predicted octanol–water partition coefficient (Wildman–Crippen LogP) is 10.6. The number of ether oxygens (including phenoxy) is 3. The van der Waals surface area contributed by atoms with Gasteiger partial charge in [-0.3, -0.25) is 14.4 Å². The summed E-state index contributed by atoms with van der Waals surface area (Å²) in [6.07, 6.45) is 28.1. The van der Waals surface area contributed by atoms with E-state index in [9.17, 15) is 14.4 Å². The van der Waals surface area contributed by atoms with Crippen molar-refractivity contribution >= 4 is 17.9 Å². The molecule has 0 saturated heterocycles. The van der Waals surface area contributed by atoms with Gasteiger partial charge in [-0.15, -0.1) is 0 Å². The molecule has 0 N–H and O–H groups in total. The topological polar surface area (TPSA) is 78.9 Å². The van der Waals surface area contributed by atoms with E-state index in [1.807, 2.05) is 0 Å². The van der Waals surface area contributed by atoms with Gasteiger partial charge in [0.05, 0.1) is 0 Å². The summed E-state index contributed by atoms with van der Waals surface area (Å²) in [6.45, 7) is 6.52. The first-order valence-electron chi connectivity index (χ1n) is 18.0. The molecule has 0 bridgehead atoms. The lowest BCUT2D eigenvalue weighted by atomic mass is 10.1. The molecule has 0 aliphatic heterocycles. The normalized spacial score (nSPS) is 11.1. The second-order valence-corrected chi connectivity index (χ2v) is 12.2. The van der Waals surface area contributed by atoms with E-state index >= 15 is 0 Å². The van der Waals surface area contributed by atoms with Gasteiger partial charge in [0.15, 0.2) is 6.10 Å². The zero-order valence-corrected chi connectivity index (χ0v) is 28.0. The zero-order valence-electron chi connectivity index (χ0n) is 28.0. The Bertz CT molecular complexity index is 584. The van der Waals surface area contributed by atoms with Crippen LogP contribution >= 0.6 is 0 Å². The number of esters is 3. The van der Waals surface area contributed by atoms with Crippen LogP contribution in [0.5, 0.6) is 0 Å². The zero-order chi connectivity index (χ0) is 30.9. The molecule has 0 heterocycles. The highest BCUT2D eigenvalue weighted by atomic mass is 16.6. The summed E-state index contributed by atoms with van der Waals surface area (Å²) in [5.74, 6) is -0.880. The van der Waals surface area contributed by atoms with E-state index in [0.29, 0.717) is 19.3 Å². The largest absolute Gasteiger partial charge is 0.462 e. The number of hydrogen-bond acceptors (Lipinski definition) is 6. The Balaban J connectivity index is 4.35. The van der Waals surface area contributed by atoms with E-state index in [1.54, 1.807) is 0 Å². The van der Waals surface area contributed by atoms with E-state index in [2.05, 4.69) is 20.8 Å². The highest BCUT2D eigenvalue weighted by Gasteiger charge is 2.19. The smallest absolute Gasteiger partial charge is 0.306 e. The van der Waals surface area contributed by atoms with E-state index in [-0.39, 0.29) is 31.1 Å². The Labute approximate surface area is 259 Å². The molecule has 0 rings (SSSR count). The maximum atomic E-state index is 12.5. The van der Waals surface area contributed by atoms with Crippen LogP contribution in [0.3, 0.4) is 0 Å². The molecule has 0 aromatic carbocycles. The third-order valence-electron chi connectivity index (χ3n) is 7.86. The standard InChI is InChI=1S/C36H68O6/c1-4-7-10-13-16-19-22-25-28-34(37)40-31-33(42-36(39)30-27-24-21-18-15-12-9-6-3)32-41-35(38)29-26-23-20-17-14-11-8-5-2/h33H,4-32H2,1-3H3. The fourth-order valence-corrected chi connectivity index (χ4v) is 5.09. The van der Waals surface area contributed by atoms with E-state index in [1.165, 1.54) is 96.3 Å². The van der Waals surface area contributed by atoms with Gasteiger partial charge in [-0.05, 0) is 19.3 Å². The minimum Gasteiger partial charge on any atom is -0.462 e. The van der Waals surface area contributed by atoms with Crippen molar-refractivity contribution in [2.24, 2.45) is 0 Å². The lowest BCUT2D eigenvalue weighted by Crippen LogP contribution is -2.30. The van der Waals surface area contributed by atoms with Crippen molar-refractivity contribution < 1.29 is 28.6 Å². The number of carbonyl (C=O) groups excluding carboxylic acids is 3. The highest BCUT2D eigenvalue weighted by Crippen LogP contribution is 2.13. The quantitative estimate of drug-likeness (QED) is 0.0436. The van der Waals surface area contributed by atoms with Gasteiger partial charge in [-0.2, -0.15) is 0 Å². The molecular weight excluding hydrogens is 528 g/mol. The Morgan fingerprint density at radius 2 is 0.643 bits per heavy atom. The monoisotopic (exact) mass is 597 g/mol. The van der Waals surface area contributed by atoms with E-state index < -0.39 is 6.10 Å². The van der Waals surface area contributed by atoms with Crippen LogP contribution < -0.4 is 0 Å². The van der Waals surface area contributed by atoms with Crippen LogP contribution in [0.25, 0.3) is 0 Å². The van der Waals surface area contributed by atoms with E-state index in [0.717, 1.165) is 57.8 Å². The molecule has 0 fully saturated rings. The maximum Gasteiger partial charge on any atom is 0.306 e. The molecule has 6 nitrogen and oxygen atoms in total. The molecule has 0 atom stereocenters. The van der Waals surface area contributed by atoms with Crippen molar-refractivity contribution in [3.05, 3.63) is 0 Å². The maximum absolute atomic E-state index is 12.5. The molecule has 0 aliphatic carbocycles. The molecule has 0 aromatic heterocycles. The Kier molecular flexibility index (Phi) is 31.1. The molecule has 0 aromatic rings. The van der Waals surface area contributed by atoms with Crippen molar-refractivity contribution in [2.45, 2.75) is 200 Å². The predicted molar refractivity (Wildman–Crippen MR) is 173 cm³/mol. The molecule has 6 heteroatoms. The van der Waals surface area contributed by atoms with Crippen LogP contribution in [-0.2, 0) is 28.6 Å². The molecular formula is C36H68O6. The minimum absolute atomic E-state index is 0.0654. The highest BCUT2D eigenvalue weighted by molar-refractivity contribution is 5.71. The Morgan fingerprint density at radius 1 is 0.381 bits per heavy atom. The minimum atomic E-state index is -0.753. The van der Waals surface area contributed by atoms with Crippen LogP contribution in [0.15, 0.2) is 0 Å². The van der Waals surface area contributed by atoms with Crippen molar-refractivity contribution in [2.75, 3.05) is 13.2 Å². The molecule has 0 unspecified atom stereocenters. The molecule has 0 aliphatic rings. The summed E-state index contributed by atoms with van der Waals surface area (Å²) in [7, 11) is 0. The first kappa shape index (κ1) is 40.4. The summed E-state index contributed by atoms with van der Waals surface area (Å²) in [5, 5.41) is 0. The van der Waals surface area contributed by atoms with Crippen molar-refractivity contribution in [1.29, 1.82) is 0 Å². The number of rotatable bonds is 32. The molecule has 0 spiro atoms. The van der Waals surface area contributed by atoms with Crippen LogP contribution in [0.1, 0.15) is 194 Å². The van der Waals surface area contributed by atoms with Gasteiger partial charge in [0.1, 0.15) is 13.2 Å². The van der Waals surface area contributed by atoms with Crippen LogP contribution in [0, 0.1) is 0 Å². The molecule has 0 radical (unpaired) electrons. The van der Waals surface area contributed by atoms with Gasteiger partial charge in [-0.25, -0.2) is 0 Å². The lowest BCUT2D eigenvalue weighted by molar-refractivity contribution is -0.167. The van der Waals surface area contributed by atoms with Gasteiger partial charge in [0.2, 0.25) is 0 Å². The third-order valence-corrected chi connectivity index (χ3v) is 7.86. The summed E-state index contributed by atoms with van der Waals surface area (Å²) >= 11 is 0. The Morgan fingerprint density at radius 3 is 0.952 bits per heavy atom. The van der Waals surface area contributed by atoms with E-state index in [4.69, 9.17) is 14.2 Å². The fourth-order valence-electron chi connectivity index (χ4n) is 5.09. The molecule has 0 saturated carbocycles. The second-order valence-electron chi connectivity index (χ2n) is 12.2. The number of carbonyl (C=O) groups is 3. The van der Waals surface area contributed by atoms with Gasteiger partial charge >= 0.3 is 17.9 Å². The number of hydrogen-bond donors (Lipinski definition) is 0. The van der Waals surface area contributed by atoms with Crippen LogP contribution in [0.4, 0.5) is 0 Å². The SMILES string of the molecule is CCCCCCCCCCC(=O)OCC(COC(=O)CCCCCCCCCC)OC(=O)CCCCCCCCCC. The van der Waals surface area contributed by atoms with Crippen molar-refractivity contribution in [3.8, 4) is 0 Å². The summed E-state index contributed by atoms with van der Waals surface area (Å²) in [4.78, 5) is 37.1. The fraction of sp³-hybridized carbons (Fsp3) is 0.917. The van der Waals surface area contributed by atoms with Crippen LogP contribution in [-0.4, -0.2) is 37.2 Å². The third kappa shape index (κ3) is 29.9. The van der Waals surface area contributed by atoms with Gasteiger partial charge in [-0.1, -0.05) is 156 Å². The van der Waals surface area contributed by atoms with Crippen molar-refractivity contribution in [3.63, 3.8) is 0 Å². The summed E-state index contributed by atoms with van der Waals surface area (Å²) in [5.41, 5.74) is 0. The lowest BCUT2D eigenvalue weighted by Gasteiger charge is -2.18. The Hall–Kier alpha value is -1.59. The molecule has 0 amide bonds. The average Bonchev–Trinajstić information content (AvgIpc) is 2.98. The van der Waals surface area contributed by atoms with Gasteiger partial charge < -0.3 is 14.2 Å². The van der Waals surface area contributed by atoms with Gasteiger partial charge in [0, 0.05) is 19.3 Å². The van der Waals surface area contributed by atoms with Gasteiger partial charge in [0.25, 0.3) is 0 Å². The average molecular weight is 597 g/mol. The second kappa shape index (κ2) is 32.3. The summed E-state index contributed by atoms with van der Waals surface area (Å²) in [6, 6.07) is 0. The van der Waals surface area contributed by atoms with Crippen LogP contribution in [0.2, 0.25) is 0 Å². The molecule has 248 valence electrons. The van der Waals surface area contributed by atoms with Crippen molar-refractivity contribution in [1.82, 2.24) is 0 Å². The summed E-state index contributed by atoms with van der Waals surface area (Å²) < 4.78 is 16.5.